The number of thioether (sulfide) groups is 1. The van der Waals surface area contributed by atoms with Crippen molar-refractivity contribution in [1.29, 1.82) is 0 Å². The predicted molar refractivity (Wildman–Crippen MR) is 79.8 cm³/mol. The highest BCUT2D eigenvalue weighted by Gasteiger charge is 2.51. The molecule has 0 bridgehead atoms. The van der Waals surface area contributed by atoms with E-state index in [2.05, 4.69) is 15.2 Å². The van der Waals surface area contributed by atoms with Gasteiger partial charge in [0.15, 0.2) is 22.4 Å². The Kier molecular flexibility index (Phi) is 3.14. The van der Waals surface area contributed by atoms with E-state index in [0.29, 0.717) is 10.8 Å². The molecule has 4 rings (SSSR count). The molecule has 3 atom stereocenters. The predicted octanol–water partition coefficient (Wildman–Crippen LogP) is 2.74. The van der Waals surface area contributed by atoms with Crippen molar-refractivity contribution in [2.24, 2.45) is 0 Å². The first-order chi connectivity index (χ1) is 9.94. The van der Waals surface area contributed by atoms with Gasteiger partial charge in [0.2, 0.25) is 0 Å². The molecule has 0 saturated carbocycles. The molecule has 2 aromatic heterocycles. The second-order valence-electron chi connectivity index (χ2n) is 5.50. The van der Waals surface area contributed by atoms with E-state index in [1.165, 1.54) is 0 Å². The molecular weight excluding hydrogens is 335 g/mol. The number of halogens is 2. The Bertz CT molecular complexity index is 723. The molecule has 0 radical (unpaired) electrons. The first-order valence-electron chi connectivity index (χ1n) is 6.48. The van der Waals surface area contributed by atoms with Crippen LogP contribution in [0, 0.1) is 0 Å². The zero-order valence-electron chi connectivity index (χ0n) is 11.3. The Morgan fingerprint density at radius 1 is 1.33 bits per heavy atom. The maximum atomic E-state index is 6.06. The molecule has 21 heavy (non-hydrogen) atoms. The zero-order chi connectivity index (χ0) is 14.8. The van der Waals surface area contributed by atoms with Gasteiger partial charge in [-0.05, 0) is 13.8 Å². The van der Waals surface area contributed by atoms with Gasteiger partial charge in [-0.25, -0.2) is 4.98 Å². The Morgan fingerprint density at radius 2 is 2.14 bits per heavy atom. The summed E-state index contributed by atoms with van der Waals surface area (Å²) in [6, 6.07) is 0. The maximum Gasteiger partial charge on any atom is 0.198 e. The van der Waals surface area contributed by atoms with Gasteiger partial charge in [0, 0.05) is 11.9 Å². The van der Waals surface area contributed by atoms with Crippen LogP contribution in [0.25, 0.3) is 5.65 Å². The van der Waals surface area contributed by atoms with Crippen molar-refractivity contribution < 1.29 is 9.47 Å². The number of hydrogen-bond donors (Lipinski definition) is 0. The number of hydrogen-bond acceptors (Lipinski definition) is 6. The van der Waals surface area contributed by atoms with E-state index in [-0.39, 0.29) is 22.6 Å². The molecule has 0 N–H and O–H groups in total. The van der Waals surface area contributed by atoms with Crippen LogP contribution in [0.1, 0.15) is 24.9 Å². The minimum atomic E-state index is -0.564. The molecule has 4 heterocycles. The molecule has 0 aliphatic carbocycles. The standard InChI is InChI=1S/C12H12Cl2N4O2S/c1-12(2)19-5-4-21-8(7(5)20-12)10-16-17-11-9(14)15-6(13)3-18(10)11/h3,5,7-8H,4H2,1-2H3/t5?,7?,8-/m1/s1. The maximum absolute atomic E-state index is 6.06. The average Bonchev–Trinajstić information content (AvgIpc) is 3.00. The summed E-state index contributed by atoms with van der Waals surface area (Å²) >= 11 is 13.8. The summed E-state index contributed by atoms with van der Waals surface area (Å²) in [5, 5.41) is 8.94. The summed E-state index contributed by atoms with van der Waals surface area (Å²) < 4.78 is 13.7. The first kappa shape index (κ1) is 14.0. The van der Waals surface area contributed by atoms with Gasteiger partial charge in [-0.3, -0.25) is 4.40 Å². The van der Waals surface area contributed by atoms with E-state index >= 15 is 0 Å². The lowest BCUT2D eigenvalue weighted by atomic mass is 10.1. The second kappa shape index (κ2) is 4.70. The summed E-state index contributed by atoms with van der Waals surface area (Å²) in [6.07, 6.45) is 1.69. The molecular formula is C12H12Cl2N4O2S. The zero-order valence-corrected chi connectivity index (χ0v) is 13.6. The average molecular weight is 347 g/mol. The minimum absolute atomic E-state index is 0.0290. The van der Waals surface area contributed by atoms with Crippen molar-refractivity contribution in [3.05, 3.63) is 22.3 Å². The Hall–Kier alpha value is -0.600. The van der Waals surface area contributed by atoms with E-state index in [1.54, 1.807) is 22.4 Å². The van der Waals surface area contributed by atoms with Gasteiger partial charge in [0.1, 0.15) is 11.3 Å². The molecule has 0 spiro atoms. The van der Waals surface area contributed by atoms with Gasteiger partial charge in [0.05, 0.1) is 11.4 Å². The van der Waals surface area contributed by atoms with Gasteiger partial charge < -0.3 is 9.47 Å². The molecule has 6 nitrogen and oxygen atoms in total. The molecule has 0 aromatic carbocycles. The van der Waals surface area contributed by atoms with Crippen molar-refractivity contribution in [2.45, 2.75) is 37.1 Å². The van der Waals surface area contributed by atoms with Crippen LogP contribution in [0.5, 0.6) is 0 Å². The van der Waals surface area contributed by atoms with Crippen LogP contribution in [0.4, 0.5) is 0 Å². The molecule has 2 aliphatic rings. The van der Waals surface area contributed by atoms with E-state index < -0.39 is 5.79 Å². The molecule has 112 valence electrons. The molecule has 2 unspecified atom stereocenters. The van der Waals surface area contributed by atoms with Gasteiger partial charge in [-0.1, -0.05) is 23.2 Å². The molecule has 2 aromatic rings. The monoisotopic (exact) mass is 346 g/mol. The summed E-state index contributed by atoms with van der Waals surface area (Å²) in [6.45, 7) is 3.85. The molecule has 9 heteroatoms. The highest BCUT2D eigenvalue weighted by atomic mass is 35.5. The third-order valence-electron chi connectivity index (χ3n) is 3.56. The highest BCUT2D eigenvalue weighted by molar-refractivity contribution is 7.99. The van der Waals surface area contributed by atoms with Crippen LogP contribution >= 0.6 is 35.0 Å². The lowest BCUT2D eigenvalue weighted by Gasteiger charge is -2.20. The number of ether oxygens (including phenoxy) is 2. The van der Waals surface area contributed by atoms with Crippen molar-refractivity contribution in [3.63, 3.8) is 0 Å². The van der Waals surface area contributed by atoms with Gasteiger partial charge in [-0.2, -0.15) is 0 Å². The third-order valence-corrected chi connectivity index (χ3v) is 5.36. The fraction of sp³-hybridized carbons (Fsp3) is 0.583. The second-order valence-corrected chi connectivity index (χ2v) is 7.42. The Balaban J connectivity index is 1.77. The fourth-order valence-electron chi connectivity index (χ4n) is 2.81. The Morgan fingerprint density at radius 3 is 2.95 bits per heavy atom. The highest BCUT2D eigenvalue weighted by Crippen LogP contribution is 2.48. The lowest BCUT2D eigenvalue weighted by Crippen LogP contribution is -2.24. The first-order valence-corrected chi connectivity index (χ1v) is 8.29. The van der Waals surface area contributed by atoms with E-state index in [1.807, 2.05) is 13.8 Å². The van der Waals surface area contributed by atoms with Gasteiger partial charge in [-0.15, -0.1) is 22.0 Å². The van der Waals surface area contributed by atoms with Crippen LogP contribution in [-0.4, -0.2) is 43.3 Å². The Labute approximate surface area is 135 Å². The quantitative estimate of drug-likeness (QED) is 0.791. The van der Waals surface area contributed by atoms with Gasteiger partial charge in [0.25, 0.3) is 0 Å². The summed E-state index contributed by atoms with van der Waals surface area (Å²) in [5.41, 5.74) is 0.498. The lowest BCUT2D eigenvalue weighted by molar-refractivity contribution is -0.145. The number of fused-ring (bicyclic) bond motifs is 2. The SMILES string of the molecule is CC1(C)OC2CS[C@@H](c3nnc4c(Cl)nc(Cl)cn34)C2O1. The van der Waals surface area contributed by atoms with Crippen molar-refractivity contribution in [3.8, 4) is 0 Å². The topological polar surface area (TPSA) is 61.5 Å². The van der Waals surface area contributed by atoms with Crippen LogP contribution in [-0.2, 0) is 9.47 Å². The van der Waals surface area contributed by atoms with E-state index in [9.17, 15) is 0 Å². The summed E-state index contributed by atoms with van der Waals surface area (Å²) in [7, 11) is 0. The van der Waals surface area contributed by atoms with Crippen molar-refractivity contribution in [2.75, 3.05) is 5.75 Å². The summed E-state index contributed by atoms with van der Waals surface area (Å²) in [5.74, 6) is 1.06. The largest absolute Gasteiger partial charge is 0.344 e. The van der Waals surface area contributed by atoms with E-state index in [4.69, 9.17) is 32.7 Å². The van der Waals surface area contributed by atoms with E-state index in [0.717, 1.165) is 11.6 Å². The summed E-state index contributed by atoms with van der Waals surface area (Å²) in [4.78, 5) is 3.98. The molecule has 2 saturated heterocycles. The van der Waals surface area contributed by atoms with Crippen LogP contribution in [0.2, 0.25) is 10.3 Å². The normalized spacial score (nSPS) is 31.0. The van der Waals surface area contributed by atoms with Crippen molar-refractivity contribution in [1.82, 2.24) is 19.6 Å². The third kappa shape index (κ3) is 2.22. The van der Waals surface area contributed by atoms with Crippen LogP contribution in [0.15, 0.2) is 6.20 Å². The molecule has 0 amide bonds. The number of nitrogens with zero attached hydrogens (tertiary/aromatic N) is 4. The van der Waals surface area contributed by atoms with Crippen LogP contribution < -0.4 is 0 Å². The minimum Gasteiger partial charge on any atom is -0.344 e. The van der Waals surface area contributed by atoms with Crippen LogP contribution in [0.3, 0.4) is 0 Å². The number of aromatic nitrogens is 4. The van der Waals surface area contributed by atoms with Gasteiger partial charge >= 0.3 is 0 Å². The molecule has 2 aliphatic heterocycles. The van der Waals surface area contributed by atoms with Crippen molar-refractivity contribution >= 4 is 40.6 Å². The molecule has 2 fully saturated rings. The fourth-order valence-corrected chi connectivity index (χ4v) is 4.64. The number of rotatable bonds is 1. The smallest absolute Gasteiger partial charge is 0.198 e.